The lowest BCUT2D eigenvalue weighted by Crippen LogP contribution is -2.40. The molecule has 1 fully saturated rings. The minimum absolute atomic E-state index is 0.226. The van der Waals surface area contributed by atoms with Gasteiger partial charge < -0.3 is 10.6 Å². The standard InChI is InChI=1S/C15H24N4O/c1-11(2)6-7-12-5-3-4-10-19(12)14-9-8-13(15(16)20)17-18-14/h8-9,11-12H,3-7,10H2,1-2H3,(H2,16,20). The molecule has 1 aliphatic rings. The number of nitrogens with zero attached hydrogens (tertiary/aromatic N) is 3. The summed E-state index contributed by atoms with van der Waals surface area (Å²) in [6.45, 7) is 5.54. The molecule has 2 N–H and O–H groups in total. The average molecular weight is 276 g/mol. The van der Waals surface area contributed by atoms with E-state index in [1.807, 2.05) is 6.07 Å². The Morgan fingerprint density at radius 1 is 1.40 bits per heavy atom. The second kappa shape index (κ2) is 6.68. The molecule has 1 saturated heterocycles. The van der Waals surface area contributed by atoms with Crippen molar-refractivity contribution >= 4 is 11.7 Å². The second-order valence-electron chi connectivity index (χ2n) is 5.96. The lowest BCUT2D eigenvalue weighted by Gasteiger charge is -2.36. The van der Waals surface area contributed by atoms with Crippen molar-refractivity contribution in [1.82, 2.24) is 10.2 Å². The van der Waals surface area contributed by atoms with Crippen molar-refractivity contribution in [3.63, 3.8) is 0 Å². The molecule has 0 saturated carbocycles. The Hall–Kier alpha value is -1.65. The Bertz CT molecular complexity index is 444. The van der Waals surface area contributed by atoms with Crippen molar-refractivity contribution in [2.24, 2.45) is 11.7 Å². The van der Waals surface area contributed by atoms with Crippen LogP contribution in [0.4, 0.5) is 5.82 Å². The highest BCUT2D eigenvalue weighted by Crippen LogP contribution is 2.26. The number of carbonyl (C=O) groups is 1. The molecule has 2 rings (SSSR count). The molecule has 0 radical (unpaired) electrons. The molecular formula is C15H24N4O. The SMILES string of the molecule is CC(C)CCC1CCCCN1c1ccc(C(N)=O)nn1. The van der Waals surface area contributed by atoms with Crippen LogP contribution in [0.25, 0.3) is 0 Å². The van der Waals surface area contributed by atoms with Gasteiger partial charge in [0.05, 0.1) is 0 Å². The van der Waals surface area contributed by atoms with Crippen LogP contribution in [0.2, 0.25) is 0 Å². The number of primary amides is 1. The highest BCUT2D eigenvalue weighted by molar-refractivity contribution is 5.90. The zero-order chi connectivity index (χ0) is 14.5. The third kappa shape index (κ3) is 3.68. The smallest absolute Gasteiger partial charge is 0.269 e. The Labute approximate surface area is 120 Å². The molecule has 1 unspecified atom stereocenters. The third-order valence-corrected chi connectivity index (χ3v) is 3.90. The summed E-state index contributed by atoms with van der Waals surface area (Å²) in [6, 6.07) is 4.07. The van der Waals surface area contributed by atoms with Crippen LogP contribution in [0.15, 0.2) is 12.1 Å². The fourth-order valence-corrected chi connectivity index (χ4v) is 2.74. The molecule has 0 aromatic carbocycles. The summed E-state index contributed by atoms with van der Waals surface area (Å²) in [5.41, 5.74) is 5.42. The van der Waals surface area contributed by atoms with Gasteiger partial charge in [-0.15, -0.1) is 10.2 Å². The zero-order valence-electron chi connectivity index (χ0n) is 12.4. The molecular weight excluding hydrogens is 252 g/mol. The number of amides is 1. The molecule has 2 heterocycles. The average Bonchev–Trinajstić information content (AvgIpc) is 2.45. The predicted octanol–water partition coefficient (Wildman–Crippen LogP) is 2.37. The first-order chi connectivity index (χ1) is 9.58. The lowest BCUT2D eigenvalue weighted by molar-refractivity contribution is 0.0994. The topological polar surface area (TPSA) is 72.1 Å². The van der Waals surface area contributed by atoms with Gasteiger partial charge >= 0.3 is 0 Å². The summed E-state index contributed by atoms with van der Waals surface area (Å²) in [5.74, 6) is 1.06. The van der Waals surface area contributed by atoms with Crippen LogP contribution in [0.3, 0.4) is 0 Å². The van der Waals surface area contributed by atoms with Gasteiger partial charge in [-0.2, -0.15) is 0 Å². The number of aromatic nitrogens is 2. The Kier molecular flexibility index (Phi) is 4.93. The maximum absolute atomic E-state index is 11.0. The van der Waals surface area contributed by atoms with E-state index in [4.69, 9.17) is 5.73 Å². The molecule has 5 heteroatoms. The van der Waals surface area contributed by atoms with E-state index in [2.05, 4.69) is 28.9 Å². The number of nitrogens with two attached hydrogens (primary N) is 1. The first-order valence-corrected chi connectivity index (χ1v) is 7.48. The molecule has 5 nitrogen and oxygen atoms in total. The molecule has 0 bridgehead atoms. The molecule has 1 atom stereocenters. The summed E-state index contributed by atoms with van der Waals surface area (Å²) in [5, 5.41) is 8.09. The number of anilines is 1. The number of rotatable bonds is 5. The minimum Gasteiger partial charge on any atom is -0.364 e. The summed E-state index contributed by atoms with van der Waals surface area (Å²) < 4.78 is 0. The van der Waals surface area contributed by atoms with Crippen LogP contribution in [0.5, 0.6) is 0 Å². The maximum atomic E-state index is 11.0. The van der Waals surface area contributed by atoms with E-state index in [1.165, 1.54) is 32.1 Å². The molecule has 1 amide bonds. The van der Waals surface area contributed by atoms with Crippen LogP contribution in [0.1, 0.15) is 56.4 Å². The molecule has 0 spiro atoms. The highest BCUT2D eigenvalue weighted by atomic mass is 16.1. The lowest BCUT2D eigenvalue weighted by atomic mass is 9.95. The number of piperidine rings is 1. The van der Waals surface area contributed by atoms with Crippen LogP contribution >= 0.6 is 0 Å². The van der Waals surface area contributed by atoms with E-state index in [-0.39, 0.29) is 5.69 Å². The van der Waals surface area contributed by atoms with Crippen molar-refractivity contribution in [3.05, 3.63) is 17.8 Å². The van der Waals surface area contributed by atoms with E-state index in [1.54, 1.807) is 6.07 Å². The van der Waals surface area contributed by atoms with Gasteiger partial charge in [-0.3, -0.25) is 4.79 Å². The van der Waals surface area contributed by atoms with E-state index < -0.39 is 5.91 Å². The van der Waals surface area contributed by atoms with Gasteiger partial charge in [0.25, 0.3) is 5.91 Å². The van der Waals surface area contributed by atoms with E-state index in [0.29, 0.717) is 6.04 Å². The van der Waals surface area contributed by atoms with Gasteiger partial charge in [-0.05, 0) is 50.2 Å². The summed E-state index contributed by atoms with van der Waals surface area (Å²) in [6.07, 6.45) is 6.11. The first-order valence-electron chi connectivity index (χ1n) is 7.48. The molecule has 0 aliphatic carbocycles. The highest BCUT2D eigenvalue weighted by Gasteiger charge is 2.24. The summed E-state index contributed by atoms with van der Waals surface area (Å²) in [4.78, 5) is 13.4. The van der Waals surface area contributed by atoms with Crippen molar-refractivity contribution in [2.45, 2.75) is 52.0 Å². The molecule has 1 aromatic rings. The number of hydrogen-bond donors (Lipinski definition) is 1. The van der Waals surface area contributed by atoms with Gasteiger partial charge in [0.1, 0.15) is 0 Å². The monoisotopic (exact) mass is 276 g/mol. The van der Waals surface area contributed by atoms with Gasteiger partial charge in [0, 0.05) is 12.6 Å². The number of carbonyl (C=O) groups excluding carboxylic acids is 1. The number of hydrogen-bond acceptors (Lipinski definition) is 4. The largest absolute Gasteiger partial charge is 0.364 e. The molecule has 1 aliphatic heterocycles. The molecule has 1 aromatic heterocycles. The van der Waals surface area contributed by atoms with Crippen LogP contribution in [-0.2, 0) is 0 Å². The molecule has 110 valence electrons. The quantitative estimate of drug-likeness (QED) is 0.896. The van der Waals surface area contributed by atoms with E-state index in [9.17, 15) is 4.79 Å². The summed E-state index contributed by atoms with van der Waals surface area (Å²) >= 11 is 0. The van der Waals surface area contributed by atoms with Crippen molar-refractivity contribution in [2.75, 3.05) is 11.4 Å². The fraction of sp³-hybridized carbons (Fsp3) is 0.667. The van der Waals surface area contributed by atoms with Gasteiger partial charge in [0.15, 0.2) is 11.5 Å². The first kappa shape index (κ1) is 14.8. The Morgan fingerprint density at radius 2 is 2.20 bits per heavy atom. The van der Waals surface area contributed by atoms with Gasteiger partial charge in [-0.1, -0.05) is 13.8 Å². The van der Waals surface area contributed by atoms with E-state index >= 15 is 0 Å². The normalized spacial score (nSPS) is 19.4. The third-order valence-electron chi connectivity index (χ3n) is 3.90. The fourth-order valence-electron chi connectivity index (χ4n) is 2.74. The Balaban J connectivity index is 2.08. The second-order valence-corrected chi connectivity index (χ2v) is 5.96. The minimum atomic E-state index is -0.529. The van der Waals surface area contributed by atoms with Crippen LogP contribution < -0.4 is 10.6 Å². The van der Waals surface area contributed by atoms with Crippen molar-refractivity contribution < 1.29 is 4.79 Å². The molecule has 20 heavy (non-hydrogen) atoms. The van der Waals surface area contributed by atoms with E-state index in [0.717, 1.165) is 18.3 Å². The van der Waals surface area contributed by atoms with Crippen molar-refractivity contribution in [1.29, 1.82) is 0 Å². The van der Waals surface area contributed by atoms with Crippen molar-refractivity contribution in [3.8, 4) is 0 Å². The summed E-state index contributed by atoms with van der Waals surface area (Å²) in [7, 11) is 0. The Morgan fingerprint density at radius 3 is 2.80 bits per heavy atom. The predicted molar refractivity (Wildman–Crippen MR) is 79.6 cm³/mol. The maximum Gasteiger partial charge on any atom is 0.269 e. The van der Waals surface area contributed by atoms with Gasteiger partial charge in [0.2, 0.25) is 0 Å². The zero-order valence-corrected chi connectivity index (χ0v) is 12.4. The van der Waals surface area contributed by atoms with Crippen LogP contribution in [-0.4, -0.2) is 28.7 Å². The van der Waals surface area contributed by atoms with Crippen LogP contribution in [0, 0.1) is 5.92 Å². The van der Waals surface area contributed by atoms with Gasteiger partial charge in [-0.25, -0.2) is 0 Å².